The SMILES string of the molecule is Fc1cccc(N(c2ccccc2)c2ccc3cc4c(cc3c2)oc2cc3cc(N(c5ccccc5)c5cccc(F)c5)ccc3cc24)c1. The monoisotopic (exact) mass is 638 g/mol. The van der Waals surface area contributed by atoms with Gasteiger partial charge in [-0.1, -0.05) is 60.7 Å². The standard InChI is InChI=1S/C44H28F2N2O/c45-33-9-7-15-37(27-33)47(35-11-3-1-4-12-35)39-19-17-29-23-41-42-24-30-18-20-40(22-32(30)26-44(42)49-43(41)25-31(29)21-39)48(36-13-5-2-6-14-36)38-16-8-10-34(46)28-38/h1-28H. The molecule has 9 aromatic rings. The first-order chi connectivity index (χ1) is 24.1. The molecule has 0 aliphatic rings. The third kappa shape index (κ3) is 5.22. The highest BCUT2D eigenvalue weighted by Gasteiger charge is 2.17. The Morgan fingerprint density at radius 1 is 0.327 bits per heavy atom. The van der Waals surface area contributed by atoms with Crippen molar-refractivity contribution in [2.24, 2.45) is 0 Å². The second-order valence-corrected chi connectivity index (χ2v) is 12.2. The van der Waals surface area contributed by atoms with Crippen LogP contribution in [0.3, 0.4) is 0 Å². The van der Waals surface area contributed by atoms with Crippen LogP contribution in [0.2, 0.25) is 0 Å². The molecule has 49 heavy (non-hydrogen) atoms. The second kappa shape index (κ2) is 11.7. The highest BCUT2D eigenvalue weighted by Crippen LogP contribution is 2.41. The number of hydrogen-bond acceptors (Lipinski definition) is 3. The molecule has 1 aromatic heterocycles. The second-order valence-electron chi connectivity index (χ2n) is 12.2. The third-order valence-corrected chi connectivity index (χ3v) is 9.03. The number of benzene rings is 8. The molecule has 0 aliphatic heterocycles. The Kier molecular flexibility index (Phi) is 6.83. The van der Waals surface area contributed by atoms with Crippen molar-refractivity contribution in [2.75, 3.05) is 9.80 Å². The molecule has 5 heteroatoms. The van der Waals surface area contributed by atoms with E-state index in [4.69, 9.17) is 4.42 Å². The van der Waals surface area contributed by atoms with Crippen molar-refractivity contribution >= 4 is 77.6 Å². The average Bonchev–Trinajstić information content (AvgIpc) is 3.46. The highest BCUT2D eigenvalue weighted by molar-refractivity contribution is 6.14. The number of halogens is 2. The zero-order valence-electron chi connectivity index (χ0n) is 26.2. The average molecular weight is 639 g/mol. The van der Waals surface area contributed by atoms with Crippen LogP contribution < -0.4 is 9.80 Å². The summed E-state index contributed by atoms with van der Waals surface area (Å²) in [5.41, 5.74) is 6.77. The molecule has 0 fully saturated rings. The van der Waals surface area contributed by atoms with E-state index in [1.54, 1.807) is 24.3 Å². The maximum Gasteiger partial charge on any atom is 0.136 e. The van der Waals surface area contributed by atoms with Crippen molar-refractivity contribution in [1.82, 2.24) is 0 Å². The van der Waals surface area contributed by atoms with Gasteiger partial charge in [-0.15, -0.1) is 0 Å². The lowest BCUT2D eigenvalue weighted by Gasteiger charge is -2.25. The van der Waals surface area contributed by atoms with E-state index in [0.717, 1.165) is 77.6 Å². The number of anilines is 6. The Morgan fingerprint density at radius 3 is 1.16 bits per heavy atom. The molecule has 1 heterocycles. The molecule has 234 valence electrons. The van der Waals surface area contributed by atoms with Crippen molar-refractivity contribution < 1.29 is 13.2 Å². The Hall–Kier alpha value is -6.46. The summed E-state index contributed by atoms with van der Waals surface area (Å²) in [6, 6.07) is 54.4. The molecular weight excluding hydrogens is 610 g/mol. The predicted molar refractivity (Wildman–Crippen MR) is 198 cm³/mol. The van der Waals surface area contributed by atoms with Gasteiger partial charge in [0.1, 0.15) is 22.8 Å². The maximum absolute atomic E-state index is 14.4. The van der Waals surface area contributed by atoms with Gasteiger partial charge in [0.2, 0.25) is 0 Å². The Balaban J connectivity index is 1.16. The number of para-hydroxylation sites is 2. The fraction of sp³-hybridized carbons (Fsp3) is 0. The number of rotatable bonds is 6. The summed E-state index contributed by atoms with van der Waals surface area (Å²) in [5, 5.41) is 6.27. The molecule has 0 saturated heterocycles. The minimum atomic E-state index is -0.288. The molecule has 0 unspecified atom stereocenters. The predicted octanol–water partition coefficient (Wildman–Crippen LogP) is 13.1. The molecule has 0 atom stereocenters. The molecule has 0 bridgehead atoms. The summed E-state index contributed by atoms with van der Waals surface area (Å²) < 4.78 is 35.2. The van der Waals surface area contributed by atoms with Crippen LogP contribution >= 0.6 is 0 Å². The third-order valence-electron chi connectivity index (χ3n) is 9.03. The van der Waals surface area contributed by atoms with Gasteiger partial charge in [-0.3, -0.25) is 0 Å². The molecule has 0 saturated carbocycles. The van der Waals surface area contributed by atoms with E-state index >= 15 is 0 Å². The lowest BCUT2D eigenvalue weighted by Crippen LogP contribution is -2.10. The van der Waals surface area contributed by atoms with Gasteiger partial charge in [-0.2, -0.15) is 0 Å². The lowest BCUT2D eigenvalue weighted by molar-refractivity contribution is 0.627. The largest absolute Gasteiger partial charge is 0.456 e. The van der Waals surface area contributed by atoms with Gasteiger partial charge >= 0.3 is 0 Å². The number of fused-ring (bicyclic) bond motifs is 5. The quantitative estimate of drug-likeness (QED) is 0.181. The molecular formula is C44H28F2N2O. The van der Waals surface area contributed by atoms with E-state index in [1.165, 1.54) is 12.1 Å². The van der Waals surface area contributed by atoms with Gasteiger partial charge in [0, 0.05) is 44.9 Å². The summed E-state index contributed by atoms with van der Waals surface area (Å²) in [4.78, 5) is 4.11. The van der Waals surface area contributed by atoms with Gasteiger partial charge < -0.3 is 14.2 Å². The first kappa shape index (κ1) is 28.7. The molecule has 0 radical (unpaired) electrons. The summed E-state index contributed by atoms with van der Waals surface area (Å²) in [7, 11) is 0. The van der Waals surface area contributed by atoms with Crippen LogP contribution in [0.15, 0.2) is 174 Å². The topological polar surface area (TPSA) is 19.6 Å². The molecule has 0 amide bonds. The van der Waals surface area contributed by atoms with Crippen molar-refractivity contribution in [3.05, 3.63) is 181 Å². The Labute approximate surface area is 281 Å². The van der Waals surface area contributed by atoms with Crippen LogP contribution in [0.25, 0.3) is 43.5 Å². The van der Waals surface area contributed by atoms with E-state index in [1.807, 2.05) is 72.8 Å². The normalized spacial score (nSPS) is 11.5. The highest BCUT2D eigenvalue weighted by atomic mass is 19.1. The number of furan rings is 1. The van der Waals surface area contributed by atoms with Crippen LogP contribution in [-0.2, 0) is 0 Å². The van der Waals surface area contributed by atoms with Gasteiger partial charge in [0.25, 0.3) is 0 Å². The van der Waals surface area contributed by atoms with Crippen LogP contribution in [0.5, 0.6) is 0 Å². The van der Waals surface area contributed by atoms with E-state index < -0.39 is 0 Å². The van der Waals surface area contributed by atoms with Crippen LogP contribution in [0.1, 0.15) is 0 Å². The summed E-state index contributed by atoms with van der Waals surface area (Å²) >= 11 is 0. The van der Waals surface area contributed by atoms with Crippen molar-refractivity contribution in [3.8, 4) is 0 Å². The van der Waals surface area contributed by atoms with Crippen molar-refractivity contribution in [2.45, 2.75) is 0 Å². The minimum Gasteiger partial charge on any atom is -0.456 e. The Morgan fingerprint density at radius 2 is 0.735 bits per heavy atom. The van der Waals surface area contributed by atoms with E-state index in [0.29, 0.717) is 0 Å². The summed E-state index contributed by atoms with van der Waals surface area (Å²) in [5.74, 6) is -0.575. The Bertz CT molecular complexity index is 2470. The summed E-state index contributed by atoms with van der Waals surface area (Å²) in [6.45, 7) is 0. The molecule has 3 nitrogen and oxygen atoms in total. The van der Waals surface area contributed by atoms with E-state index in [9.17, 15) is 8.78 Å². The molecule has 9 rings (SSSR count). The summed E-state index contributed by atoms with van der Waals surface area (Å²) in [6.07, 6.45) is 0. The molecule has 0 spiro atoms. The smallest absolute Gasteiger partial charge is 0.136 e. The van der Waals surface area contributed by atoms with Crippen LogP contribution in [-0.4, -0.2) is 0 Å². The van der Waals surface area contributed by atoms with Gasteiger partial charge in [0.05, 0.1) is 0 Å². The van der Waals surface area contributed by atoms with Crippen LogP contribution in [0, 0.1) is 11.6 Å². The van der Waals surface area contributed by atoms with E-state index in [-0.39, 0.29) is 11.6 Å². The van der Waals surface area contributed by atoms with Crippen molar-refractivity contribution in [1.29, 1.82) is 0 Å². The van der Waals surface area contributed by atoms with Crippen molar-refractivity contribution in [3.63, 3.8) is 0 Å². The van der Waals surface area contributed by atoms with Crippen LogP contribution in [0.4, 0.5) is 42.9 Å². The van der Waals surface area contributed by atoms with E-state index in [2.05, 4.69) is 70.5 Å². The first-order valence-corrected chi connectivity index (χ1v) is 16.1. The maximum atomic E-state index is 14.4. The fourth-order valence-corrected chi connectivity index (χ4v) is 6.79. The zero-order chi connectivity index (χ0) is 32.9. The minimum absolute atomic E-state index is 0.288. The molecule has 0 aliphatic carbocycles. The van der Waals surface area contributed by atoms with Gasteiger partial charge in [0.15, 0.2) is 0 Å². The zero-order valence-corrected chi connectivity index (χ0v) is 26.2. The fourth-order valence-electron chi connectivity index (χ4n) is 6.79. The number of nitrogens with zero attached hydrogens (tertiary/aromatic N) is 2. The lowest BCUT2D eigenvalue weighted by atomic mass is 10.0. The molecule has 0 N–H and O–H groups in total. The number of hydrogen-bond donors (Lipinski definition) is 0. The van der Waals surface area contributed by atoms with Gasteiger partial charge in [-0.05, 0) is 131 Å². The molecule has 8 aromatic carbocycles. The first-order valence-electron chi connectivity index (χ1n) is 16.1. The van der Waals surface area contributed by atoms with Gasteiger partial charge in [-0.25, -0.2) is 8.78 Å².